The molecule has 2 rings (SSSR count). The van der Waals surface area contributed by atoms with E-state index in [0.29, 0.717) is 5.56 Å². The maximum atomic E-state index is 10.6. The van der Waals surface area contributed by atoms with Crippen LogP contribution < -0.4 is 0 Å². The van der Waals surface area contributed by atoms with Gasteiger partial charge < -0.3 is 15.2 Å². The fourth-order valence-electron chi connectivity index (χ4n) is 1.48. The third-order valence-corrected chi connectivity index (χ3v) is 2.30. The van der Waals surface area contributed by atoms with Gasteiger partial charge in [0.1, 0.15) is 25.0 Å². The van der Waals surface area contributed by atoms with Crippen molar-refractivity contribution in [1.82, 2.24) is 14.5 Å². The van der Waals surface area contributed by atoms with Gasteiger partial charge in [0.05, 0.1) is 0 Å². The molecule has 2 aromatic heterocycles. The summed E-state index contributed by atoms with van der Waals surface area (Å²) in [5.74, 6) is -0.284. The van der Waals surface area contributed by atoms with Crippen LogP contribution in [0.1, 0.15) is 11.7 Å². The van der Waals surface area contributed by atoms with Crippen molar-refractivity contribution in [2.24, 2.45) is 0 Å². The number of aliphatic hydroxyl groups is 1. The Morgan fingerprint density at radius 2 is 2.35 bits per heavy atom. The van der Waals surface area contributed by atoms with Crippen LogP contribution in [-0.4, -0.2) is 24.6 Å². The van der Waals surface area contributed by atoms with Crippen molar-refractivity contribution in [3.63, 3.8) is 0 Å². The molecule has 0 aliphatic heterocycles. The molecule has 1 unspecified atom stereocenters. The highest BCUT2D eigenvalue weighted by molar-refractivity contribution is 5.13. The molecule has 0 amide bonds. The predicted molar refractivity (Wildman–Crippen MR) is 58.1 cm³/mol. The Balaban J connectivity index is 2.16. The predicted octanol–water partition coefficient (Wildman–Crippen LogP) is 0.920. The molecule has 2 heterocycles. The largest absolute Gasteiger partial charge is 0.434 e. The summed E-state index contributed by atoms with van der Waals surface area (Å²) < 4.78 is 1.29. The molecule has 0 bridgehead atoms. The zero-order valence-corrected chi connectivity index (χ0v) is 8.80. The number of imidazole rings is 1. The fourth-order valence-corrected chi connectivity index (χ4v) is 1.48. The third-order valence-electron chi connectivity index (χ3n) is 2.30. The summed E-state index contributed by atoms with van der Waals surface area (Å²) in [7, 11) is 0. The van der Waals surface area contributed by atoms with Crippen molar-refractivity contribution >= 4 is 5.95 Å². The van der Waals surface area contributed by atoms with Gasteiger partial charge >= 0.3 is 5.95 Å². The van der Waals surface area contributed by atoms with Crippen LogP contribution in [0, 0.1) is 10.1 Å². The number of aromatic nitrogens is 3. The molecule has 0 aliphatic rings. The Morgan fingerprint density at radius 3 is 3.00 bits per heavy atom. The van der Waals surface area contributed by atoms with Gasteiger partial charge in [-0.25, -0.2) is 4.57 Å². The second kappa shape index (κ2) is 4.71. The lowest BCUT2D eigenvalue weighted by atomic mass is 10.1. The molecule has 0 saturated carbocycles. The first-order valence-electron chi connectivity index (χ1n) is 4.92. The Hall–Kier alpha value is -2.28. The quantitative estimate of drug-likeness (QED) is 0.627. The zero-order valence-electron chi connectivity index (χ0n) is 8.80. The molecule has 1 N–H and O–H groups in total. The average Bonchev–Trinajstić information content (AvgIpc) is 2.78. The SMILES string of the molecule is O=[N+]([O-])c1nccn1CC(O)c1cccnc1. The molecule has 1 atom stereocenters. The molecule has 0 saturated heterocycles. The number of pyridine rings is 1. The summed E-state index contributed by atoms with van der Waals surface area (Å²) in [6, 6.07) is 3.40. The Bertz CT molecular complexity index is 511. The van der Waals surface area contributed by atoms with Gasteiger partial charge in [-0.3, -0.25) is 4.98 Å². The van der Waals surface area contributed by atoms with Crippen LogP contribution in [0.25, 0.3) is 0 Å². The topological polar surface area (TPSA) is 94.1 Å². The number of aliphatic hydroxyl groups excluding tert-OH is 1. The molecule has 7 nitrogen and oxygen atoms in total. The third kappa shape index (κ3) is 2.45. The van der Waals surface area contributed by atoms with Crippen LogP contribution >= 0.6 is 0 Å². The molecular weight excluding hydrogens is 224 g/mol. The molecule has 0 aliphatic carbocycles. The summed E-state index contributed by atoms with van der Waals surface area (Å²) in [5.41, 5.74) is 0.607. The minimum absolute atomic E-state index is 0.0714. The average molecular weight is 234 g/mol. The molecule has 0 fully saturated rings. The van der Waals surface area contributed by atoms with Gasteiger partial charge in [-0.2, -0.15) is 0 Å². The van der Waals surface area contributed by atoms with Crippen molar-refractivity contribution in [2.75, 3.05) is 0 Å². The first-order chi connectivity index (χ1) is 8.18. The number of nitrogens with zero attached hydrogens (tertiary/aromatic N) is 4. The first-order valence-corrected chi connectivity index (χ1v) is 4.92. The van der Waals surface area contributed by atoms with Gasteiger partial charge in [0.2, 0.25) is 0 Å². The molecule has 7 heteroatoms. The lowest BCUT2D eigenvalue weighted by molar-refractivity contribution is -0.397. The maximum Gasteiger partial charge on any atom is 0.434 e. The van der Waals surface area contributed by atoms with Crippen LogP contribution in [0.2, 0.25) is 0 Å². The highest BCUT2D eigenvalue weighted by Crippen LogP contribution is 2.16. The minimum Gasteiger partial charge on any atom is -0.390 e. The van der Waals surface area contributed by atoms with Gasteiger partial charge in [-0.1, -0.05) is 11.1 Å². The summed E-state index contributed by atoms with van der Waals surface area (Å²) >= 11 is 0. The molecular formula is C10H10N4O3. The van der Waals surface area contributed by atoms with Crippen molar-refractivity contribution in [2.45, 2.75) is 12.6 Å². The van der Waals surface area contributed by atoms with Crippen LogP contribution in [0.4, 0.5) is 5.95 Å². The molecule has 88 valence electrons. The van der Waals surface area contributed by atoms with E-state index in [1.54, 1.807) is 18.3 Å². The number of rotatable bonds is 4. The second-order valence-electron chi connectivity index (χ2n) is 3.44. The lowest BCUT2D eigenvalue weighted by Gasteiger charge is -2.09. The van der Waals surface area contributed by atoms with E-state index in [4.69, 9.17) is 0 Å². The van der Waals surface area contributed by atoms with Gasteiger partial charge in [-0.15, -0.1) is 0 Å². The van der Waals surface area contributed by atoms with Crippen molar-refractivity contribution in [3.8, 4) is 0 Å². The van der Waals surface area contributed by atoms with E-state index in [1.165, 1.54) is 23.2 Å². The lowest BCUT2D eigenvalue weighted by Crippen LogP contribution is -2.10. The Labute approximate surface area is 96.5 Å². The Morgan fingerprint density at radius 1 is 1.53 bits per heavy atom. The van der Waals surface area contributed by atoms with E-state index in [0.717, 1.165) is 0 Å². The molecule has 0 spiro atoms. The van der Waals surface area contributed by atoms with E-state index in [1.807, 2.05) is 0 Å². The van der Waals surface area contributed by atoms with E-state index in [2.05, 4.69) is 9.97 Å². The van der Waals surface area contributed by atoms with Gasteiger partial charge in [0.25, 0.3) is 0 Å². The first kappa shape index (κ1) is 11.2. The van der Waals surface area contributed by atoms with Crippen LogP contribution in [0.3, 0.4) is 0 Å². The smallest absolute Gasteiger partial charge is 0.390 e. The summed E-state index contributed by atoms with van der Waals surface area (Å²) in [6.07, 6.45) is 5.05. The van der Waals surface area contributed by atoms with E-state index in [9.17, 15) is 15.2 Å². The van der Waals surface area contributed by atoms with Crippen LogP contribution in [0.5, 0.6) is 0 Å². The monoisotopic (exact) mass is 234 g/mol. The standard InChI is InChI=1S/C10H10N4O3/c15-9(8-2-1-3-11-6-8)7-13-5-4-12-10(13)14(16)17/h1-6,9,15H,7H2. The Kier molecular flexibility index (Phi) is 3.10. The van der Waals surface area contributed by atoms with Crippen molar-refractivity contribution in [1.29, 1.82) is 0 Å². The molecule has 0 aromatic carbocycles. The summed E-state index contributed by atoms with van der Waals surface area (Å²) in [6.45, 7) is 0.0714. The summed E-state index contributed by atoms with van der Waals surface area (Å²) in [4.78, 5) is 17.5. The fraction of sp³-hybridized carbons (Fsp3) is 0.200. The zero-order chi connectivity index (χ0) is 12.3. The van der Waals surface area contributed by atoms with Crippen molar-refractivity contribution in [3.05, 3.63) is 52.6 Å². The molecule has 2 aromatic rings. The second-order valence-corrected chi connectivity index (χ2v) is 3.44. The molecule has 17 heavy (non-hydrogen) atoms. The minimum atomic E-state index is -0.850. The van der Waals surface area contributed by atoms with Gasteiger partial charge in [0, 0.05) is 18.0 Å². The summed E-state index contributed by atoms with van der Waals surface area (Å²) in [5, 5.41) is 20.5. The van der Waals surface area contributed by atoms with Gasteiger partial charge in [0.15, 0.2) is 0 Å². The van der Waals surface area contributed by atoms with Crippen LogP contribution in [-0.2, 0) is 6.54 Å². The number of nitro groups is 1. The highest BCUT2D eigenvalue weighted by Gasteiger charge is 2.18. The van der Waals surface area contributed by atoms with E-state index >= 15 is 0 Å². The maximum absolute atomic E-state index is 10.6. The molecule has 0 radical (unpaired) electrons. The highest BCUT2D eigenvalue weighted by atomic mass is 16.6. The number of hydrogen-bond acceptors (Lipinski definition) is 5. The number of hydrogen-bond donors (Lipinski definition) is 1. The van der Waals surface area contributed by atoms with E-state index in [-0.39, 0.29) is 12.5 Å². The van der Waals surface area contributed by atoms with Gasteiger partial charge in [-0.05, 0) is 11.0 Å². The van der Waals surface area contributed by atoms with Crippen LogP contribution in [0.15, 0.2) is 36.9 Å². The van der Waals surface area contributed by atoms with E-state index < -0.39 is 11.0 Å². The normalized spacial score (nSPS) is 12.3. The van der Waals surface area contributed by atoms with Crippen molar-refractivity contribution < 1.29 is 10.0 Å².